The van der Waals surface area contributed by atoms with E-state index in [1.54, 1.807) is 12.1 Å². The Morgan fingerprint density at radius 2 is 1.35 bits per heavy atom. The Hall–Kier alpha value is -3.59. The van der Waals surface area contributed by atoms with Gasteiger partial charge in [0.05, 0.1) is 83.0 Å². The molecule has 0 atom stereocenters. The normalized spacial score (nSPS) is 10.9. The highest BCUT2D eigenvalue weighted by molar-refractivity contribution is 5.92. The molecule has 0 bridgehead atoms. The van der Waals surface area contributed by atoms with Gasteiger partial charge < -0.3 is 43.8 Å². The zero-order valence-electron chi connectivity index (χ0n) is 25.1. The number of anilines is 2. The van der Waals surface area contributed by atoms with Gasteiger partial charge in [-0.15, -0.1) is 0 Å². The predicted octanol–water partition coefficient (Wildman–Crippen LogP) is 3.49. The molecule has 0 fully saturated rings. The summed E-state index contributed by atoms with van der Waals surface area (Å²) in [5, 5.41) is 20.2. The molecule has 0 aliphatic heterocycles. The molecule has 13 heteroatoms. The lowest BCUT2D eigenvalue weighted by atomic mass is 10.1. The Kier molecular flexibility index (Phi) is 16.8. The molecular formula is C30H43N3O10. The van der Waals surface area contributed by atoms with Gasteiger partial charge >= 0.3 is 5.69 Å². The van der Waals surface area contributed by atoms with Crippen LogP contribution in [0, 0.1) is 10.1 Å². The van der Waals surface area contributed by atoms with Crippen molar-refractivity contribution in [3.8, 4) is 11.3 Å². The van der Waals surface area contributed by atoms with Crippen LogP contribution in [0.2, 0.25) is 0 Å². The number of ether oxygens (including phenoxy) is 5. The van der Waals surface area contributed by atoms with Crippen molar-refractivity contribution in [1.29, 1.82) is 0 Å². The van der Waals surface area contributed by atoms with E-state index in [2.05, 4.69) is 0 Å². The minimum atomic E-state index is -0.648. The molecule has 2 aromatic carbocycles. The van der Waals surface area contributed by atoms with Gasteiger partial charge in [-0.3, -0.25) is 14.9 Å². The summed E-state index contributed by atoms with van der Waals surface area (Å²) in [6.45, 7) is 9.19. The van der Waals surface area contributed by atoms with Crippen LogP contribution < -0.4 is 16.1 Å². The van der Waals surface area contributed by atoms with Gasteiger partial charge in [0, 0.05) is 30.9 Å². The van der Waals surface area contributed by atoms with Crippen LogP contribution in [0.15, 0.2) is 51.7 Å². The molecule has 0 aliphatic rings. The zero-order valence-corrected chi connectivity index (χ0v) is 25.1. The third-order valence-corrected chi connectivity index (χ3v) is 5.97. The molecule has 0 aliphatic carbocycles. The van der Waals surface area contributed by atoms with Crippen LogP contribution in [0.3, 0.4) is 0 Å². The Bertz CT molecular complexity index is 1280. The van der Waals surface area contributed by atoms with Crippen molar-refractivity contribution < 1.29 is 38.1 Å². The fourth-order valence-electron chi connectivity index (χ4n) is 3.81. The summed E-state index contributed by atoms with van der Waals surface area (Å²) < 4.78 is 32.7. The van der Waals surface area contributed by atoms with Crippen LogP contribution >= 0.6 is 0 Å². The maximum atomic E-state index is 12.6. The van der Waals surface area contributed by atoms with Crippen molar-refractivity contribution in [2.45, 2.75) is 13.8 Å². The van der Waals surface area contributed by atoms with Gasteiger partial charge in [-0.05, 0) is 36.4 Å². The lowest BCUT2D eigenvalue weighted by Gasteiger charge is -2.19. The van der Waals surface area contributed by atoms with E-state index in [-0.39, 0.29) is 34.5 Å². The second kappa shape index (κ2) is 20.3. The van der Waals surface area contributed by atoms with Crippen molar-refractivity contribution in [1.82, 2.24) is 0 Å². The molecule has 3 N–H and O–H groups in total. The third kappa shape index (κ3) is 11.9. The van der Waals surface area contributed by atoms with Gasteiger partial charge in [-0.25, -0.2) is 0 Å². The lowest BCUT2D eigenvalue weighted by molar-refractivity contribution is -0.382. The Labute approximate surface area is 251 Å². The fourth-order valence-corrected chi connectivity index (χ4v) is 3.81. The minimum Gasteiger partial charge on any atom is -0.448 e. The molecule has 0 saturated heterocycles. The van der Waals surface area contributed by atoms with Gasteiger partial charge in [-0.2, -0.15) is 0 Å². The molecule has 0 spiro atoms. The summed E-state index contributed by atoms with van der Waals surface area (Å²) in [7, 11) is 1.93. The van der Waals surface area contributed by atoms with Gasteiger partial charge in [-0.1, -0.05) is 13.8 Å². The molecule has 13 nitrogen and oxygen atoms in total. The van der Waals surface area contributed by atoms with Crippen LogP contribution in [-0.4, -0.2) is 96.3 Å². The quantitative estimate of drug-likeness (QED) is 0.0833. The van der Waals surface area contributed by atoms with Crippen LogP contribution in [0.1, 0.15) is 13.8 Å². The molecule has 1 heterocycles. The lowest BCUT2D eigenvalue weighted by Crippen LogP contribution is -2.23. The van der Waals surface area contributed by atoms with Crippen molar-refractivity contribution >= 4 is 28.0 Å². The monoisotopic (exact) mass is 605 g/mol. The van der Waals surface area contributed by atoms with E-state index in [9.17, 15) is 14.9 Å². The molecule has 43 heavy (non-hydrogen) atoms. The number of nitrogens with zero attached hydrogens (tertiary/aromatic N) is 2. The number of nitrogen functional groups attached to an aromatic ring is 1. The number of aliphatic hydroxyl groups excluding tert-OH is 1. The number of fused-ring (bicyclic) bond motifs is 1. The van der Waals surface area contributed by atoms with E-state index in [1.807, 2.05) is 37.9 Å². The number of nitrogens with two attached hydrogens (primary N) is 1. The van der Waals surface area contributed by atoms with Crippen molar-refractivity contribution in [2.75, 3.05) is 96.9 Å². The van der Waals surface area contributed by atoms with E-state index in [4.69, 9.17) is 38.9 Å². The highest BCUT2D eigenvalue weighted by Gasteiger charge is 2.21. The summed E-state index contributed by atoms with van der Waals surface area (Å²) in [5.74, 6) is 0.216. The average Bonchev–Trinajstić information content (AvgIpc) is 3.01. The summed E-state index contributed by atoms with van der Waals surface area (Å²) in [5.41, 5.74) is 6.26. The summed E-state index contributed by atoms with van der Waals surface area (Å²) in [6, 6.07) is 11.4. The molecule has 3 rings (SSSR count). The fraction of sp³-hybridized carbons (Fsp3) is 0.500. The number of benzene rings is 2. The highest BCUT2D eigenvalue weighted by atomic mass is 16.6. The van der Waals surface area contributed by atoms with E-state index in [0.717, 1.165) is 5.69 Å². The molecule has 0 amide bonds. The van der Waals surface area contributed by atoms with E-state index < -0.39 is 10.6 Å². The first-order chi connectivity index (χ1) is 20.9. The van der Waals surface area contributed by atoms with E-state index in [0.29, 0.717) is 78.2 Å². The van der Waals surface area contributed by atoms with Crippen molar-refractivity contribution in [2.24, 2.45) is 0 Å². The second-order valence-corrected chi connectivity index (χ2v) is 8.87. The number of nitro groups is 1. The molecule has 3 aromatic rings. The first kappa shape index (κ1) is 35.6. The summed E-state index contributed by atoms with van der Waals surface area (Å²) in [6.07, 6.45) is 0. The molecule has 238 valence electrons. The molecule has 0 unspecified atom stereocenters. The van der Waals surface area contributed by atoms with Crippen LogP contribution in [0.5, 0.6) is 0 Å². The first-order valence-corrected chi connectivity index (χ1v) is 14.2. The smallest absolute Gasteiger partial charge is 0.334 e. The molecule has 0 saturated carbocycles. The van der Waals surface area contributed by atoms with Gasteiger partial charge in [0.2, 0.25) is 5.58 Å². The maximum absolute atomic E-state index is 12.6. The molecule has 0 radical (unpaired) electrons. The van der Waals surface area contributed by atoms with Gasteiger partial charge in [0.25, 0.3) is 0 Å². The maximum Gasteiger partial charge on any atom is 0.334 e. The largest absolute Gasteiger partial charge is 0.448 e. The van der Waals surface area contributed by atoms with Gasteiger partial charge in [0.15, 0.2) is 5.43 Å². The van der Waals surface area contributed by atoms with Crippen LogP contribution in [-0.2, 0) is 23.7 Å². The minimum absolute atomic E-state index is 0.00798. The number of hydrogen-bond acceptors (Lipinski definition) is 12. The molecular weight excluding hydrogens is 562 g/mol. The van der Waals surface area contributed by atoms with Crippen molar-refractivity contribution in [3.63, 3.8) is 0 Å². The number of rotatable bonds is 20. The first-order valence-electron chi connectivity index (χ1n) is 14.2. The third-order valence-electron chi connectivity index (χ3n) is 5.97. The van der Waals surface area contributed by atoms with Crippen LogP contribution in [0.4, 0.5) is 17.1 Å². The average molecular weight is 606 g/mol. The molecule has 1 aromatic heterocycles. The number of hydrogen-bond donors (Lipinski definition) is 2. The predicted molar refractivity (Wildman–Crippen MR) is 165 cm³/mol. The summed E-state index contributed by atoms with van der Waals surface area (Å²) >= 11 is 0. The summed E-state index contributed by atoms with van der Waals surface area (Å²) in [4.78, 5) is 25.5. The zero-order chi connectivity index (χ0) is 31.5. The highest BCUT2D eigenvalue weighted by Crippen LogP contribution is 2.33. The topological polar surface area (TPSA) is 169 Å². The Morgan fingerprint density at radius 1 is 0.837 bits per heavy atom. The second-order valence-electron chi connectivity index (χ2n) is 8.87. The standard InChI is InChI=1S/C28H37N3O10.C2H6/c1-30(8-10-36-12-14-38-16-18-40-19-17-39-15-13-37-11-9-32)22-4-2-21(3-5-22)26-20-25(33)23-6-7-24(29)27(31(34)35)28(23)41-26;1-2/h2-7,20,32H,8-19,29H2,1H3;1-2H3. The SMILES string of the molecule is CC.CN(CCOCCOCCOCCOCCOCCO)c1ccc(-c2cc(=O)c3ccc(N)c([N+](=O)[O-])c3o2)cc1. The Morgan fingerprint density at radius 3 is 1.86 bits per heavy atom. The number of likely N-dealkylation sites (N-methyl/N-ethyl adjacent to an activating group) is 1. The Balaban J connectivity index is 0.00000316. The van der Waals surface area contributed by atoms with E-state index >= 15 is 0 Å². The number of nitro benzene ring substituents is 1. The van der Waals surface area contributed by atoms with Gasteiger partial charge in [0.1, 0.15) is 11.4 Å². The van der Waals surface area contributed by atoms with E-state index in [1.165, 1.54) is 18.2 Å². The van der Waals surface area contributed by atoms with Crippen LogP contribution in [0.25, 0.3) is 22.3 Å². The van der Waals surface area contributed by atoms with Crippen molar-refractivity contribution in [3.05, 3.63) is 62.8 Å². The number of aliphatic hydroxyl groups is 1.